The fourth-order valence-electron chi connectivity index (χ4n) is 7.02. The molecule has 0 unspecified atom stereocenters. The van der Waals surface area contributed by atoms with Crippen LogP contribution < -0.4 is 4.90 Å². The van der Waals surface area contributed by atoms with Gasteiger partial charge in [0.05, 0.1) is 5.52 Å². The number of hydrogen-bond acceptors (Lipinski definition) is 1. The van der Waals surface area contributed by atoms with Crippen LogP contribution in [0, 0.1) is 6.92 Å². The quantitative estimate of drug-likeness (QED) is 0.141. The first kappa shape index (κ1) is 31.6. The number of anilines is 3. The van der Waals surface area contributed by atoms with Crippen LogP contribution in [0.2, 0.25) is 0 Å². The van der Waals surface area contributed by atoms with Gasteiger partial charge in [-0.15, -0.1) is 0 Å². The summed E-state index contributed by atoms with van der Waals surface area (Å²) in [6.07, 6.45) is 5.98. The van der Waals surface area contributed by atoms with Crippen molar-refractivity contribution in [2.45, 2.75) is 6.92 Å². The van der Waals surface area contributed by atoms with Crippen molar-refractivity contribution in [1.29, 1.82) is 0 Å². The maximum absolute atomic E-state index is 3.87. The lowest BCUT2D eigenvalue weighted by Gasteiger charge is -2.26. The van der Waals surface area contributed by atoms with Crippen LogP contribution in [0.4, 0.5) is 17.1 Å². The van der Waals surface area contributed by atoms with Gasteiger partial charge in [0.25, 0.3) is 0 Å². The standard InChI is InChI=1S/C49H38N2/c1-3-4-17-47-36(2)50(49-19-12-11-18-48(47)49)43-28-20-41(21-29-43)42-26-34-46(35-27-42)51(44-30-22-39(23-31-44)37-13-7-5-8-14-37)45-32-24-40(25-33-45)38-15-9-6-10-16-38/h3-35H,1H2,2H3/b17-4-. The summed E-state index contributed by atoms with van der Waals surface area (Å²) in [5, 5.41) is 1.24. The Bertz CT molecular complexity index is 2350. The molecule has 0 saturated heterocycles. The van der Waals surface area contributed by atoms with Gasteiger partial charge in [-0.05, 0) is 94.9 Å². The smallest absolute Gasteiger partial charge is 0.0537 e. The largest absolute Gasteiger partial charge is 0.313 e. The van der Waals surface area contributed by atoms with E-state index in [1.807, 2.05) is 12.2 Å². The van der Waals surface area contributed by atoms with Crippen molar-refractivity contribution in [3.63, 3.8) is 0 Å². The lowest BCUT2D eigenvalue weighted by Crippen LogP contribution is -2.09. The minimum atomic E-state index is 1.10. The van der Waals surface area contributed by atoms with Crippen LogP contribution in [0.3, 0.4) is 0 Å². The third kappa shape index (κ3) is 6.32. The van der Waals surface area contributed by atoms with Crippen molar-refractivity contribution in [2.24, 2.45) is 0 Å². The summed E-state index contributed by atoms with van der Waals surface area (Å²) in [6.45, 7) is 6.05. The van der Waals surface area contributed by atoms with E-state index in [-0.39, 0.29) is 0 Å². The molecule has 0 aliphatic rings. The fourth-order valence-corrected chi connectivity index (χ4v) is 7.02. The summed E-state index contributed by atoms with van der Waals surface area (Å²) in [7, 11) is 0. The summed E-state index contributed by atoms with van der Waals surface area (Å²) in [4.78, 5) is 2.33. The molecule has 8 rings (SSSR count). The second-order valence-corrected chi connectivity index (χ2v) is 12.7. The molecule has 0 radical (unpaired) electrons. The van der Waals surface area contributed by atoms with E-state index in [2.05, 4.69) is 211 Å². The summed E-state index contributed by atoms with van der Waals surface area (Å²) in [5.74, 6) is 0. The SMILES string of the molecule is C=C/C=C\c1c(C)n(-c2ccc(-c3ccc(N(c4ccc(-c5ccccc5)cc4)c4ccc(-c5ccccc5)cc4)cc3)cc2)c2ccccc12. The molecule has 2 heteroatoms. The molecule has 0 amide bonds. The van der Waals surface area contributed by atoms with Crippen LogP contribution >= 0.6 is 0 Å². The molecular formula is C49H38N2. The van der Waals surface area contributed by atoms with Gasteiger partial charge >= 0.3 is 0 Å². The molecule has 0 bridgehead atoms. The Morgan fingerprint density at radius 2 is 0.843 bits per heavy atom. The van der Waals surface area contributed by atoms with Crippen molar-refractivity contribution >= 4 is 34.0 Å². The lowest BCUT2D eigenvalue weighted by atomic mass is 10.0. The predicted molar refractivity (Wildman–Crippen MR) is 218 cm³/mol. The normalized spacial score (nSPS) is 11.2. The number of hydrogen-bond donors (Lipinski definition) is 0. The van der Waals surface area contributed by atoms with E-state index in [0.717, 1.165) is 22.7 Å². The molecule has 1 aromatic heterocycles. The number of allylic oxidation sites excluding steroid dienone is 2. The first-order valence-electron chi connectivity index (χ1n) is 17.4. The molecule has 0 N–H and O–H groups in total. The van der Waals surface area contributed by atoms with Gasteiger partial charge in [-0.25, -0.2) is 0 Å². The average Bonchev–Trinajstić information content (AvgIpc) is 3.49. The second-order valence-electron chi connectivity index (χ2n) is 12.7. The van der Waals surface area contributed by atoms with Crippen LogP contribution in [0.25, 0.3) is 56.0 Å². The molecule has 244 valence electrons. The molecule has 0 spiro atoms. The molecular weight excluding hydrogens is 617 g/mol. The molecule has 0 atom stereocenters. The maximum atomic E-state index is 3.87. The predicted octanol–water partition coefficient (Wildman–Crippen LogP) is 13.6. The molecule has 51 heavy (non-hydrogen) atoms. The van der Waals surface area contributed by atoms with E-state index in [4.69, 9.17) is 0 Å². The first-order valence-corrected chi connectivity index (χ1v) is 17.4. The van der Waals surface area contributed by atoms with Crippen molar-refractivity contribution in [1.82, 2.24) is 4.57 Å². The van der Waals surface area contributed by atoms with Crippen LogP contribution in [-0.2, 0) is 0 Å². The van der Waals surface area contributed by atoms with E-state index < -0.39 is 0 Å². The number of para-hydroxylation sites is 1. The van der Waals surface area contributed by atoms with Gasteiger partial charge in [-0.2, -0.15) is 0 Å². The van der Waals surface area contributed by atoms with Gasteiger partial charge in [0.1, 0.15) is 0 Å². The Labute approximate surface area is 300 Å². The number of fused-ring (bicyclic) bond motifs is 1. The average molecular weight is 655 g/mol. The van der Waals surface area contributed by atoms with Gasteiger partial charge < -0.3 is 9.47 Å². The highest BCUT2D eigenvalue weighted by Gasteiger charge is 2.15. The zero-order valence-electron chi connectivity index (χ0n) is 28.7. The summed E-state index contributed by atoms with van der Waals surface area (Å²) in [6, 6.07) is 65.1. The Morgan fingerprint density at radius 3 is 1.29 bits per heavy atom. The van der Waals surface area contributed by atoms with E-state index in [1.54, 1.807) is 0 Å². The van der Waals surface area contributed by atoms with Gasteiger partial charge in [0.15, 0.2) is 0 Å². The number of nitrogens with zero attached hydrogens (tertiary/aromatic N) is 2. The Hall–Kier alpha value is -6.64. The second kappa shape index (κ2) is 14.1. The molecule has 0 fully saturated rings. The molecule has 7 aromatic carbocycles. The van der Waals surface area contributed by atoms with Crippen LogP contribution in [-0.4, -0.2) is 4.57 Å². The lowest BCUT2D eigenvalue weighted by molar-refractivity contribution is 1.05. The van der Waals surface area contributed by atoms with Crippen molar-refractivity contribution < 1.29 is 0 Å². The Kier molecular flexibility index (Phi) is 8.72. The first-order chi connectivity index (χ1) is 25.2. The molecule has 1 heterocycles. The van der Waals surface area contributed by atoms with E-state index in [0.29, 0.717) is 0 Å². The highest BCUT2D eigenvalue weighted by molar-refractivity contribution is 5.93. The number of rotatable bonds is 9. The van der Waals surface area contributed by atoms with E-state index >= 15 is 0 Å². The monoisotopic (exact) mass is 654 g/mol. The van der Waals surface area contributed by atoms with Gasteiger partial charge in [-0.3, -0.25) is 0 Å². The topological polar surface area (TPSA) is 8.17 Å². The van der Waals surface area contributed by atoms with Crippen LogP contribution in [0.5, 0.6) is 0 Å². The fraction of sp³-hybridized carbons (Fsp3) is 0.0204. The van der Waals surface area contributed by atoms with Gasteiger partial charge in [-0.1, -0.05) is 152 Å². The van der Waals surface area contributed by atoms with Gasteiger partial charge in [0, 0.05) is 39.4 Å². The van der Waals surface area contributed by atoms with Crippen molar-refractivity contribution in [2.75, 3.05) is 4.90 Å². The zero-order valence-corrected chi connectivity index (χ0v) is 28.7. The summed E-state index contributed by atoms with van der Waals surface area (Å²) < 4.78 is 2.34. The van der Waals surface area contributed by atoms with Crippen molar-refractivity contribution in [3.8, 4) is 39.1 Å². The van der Waals surface area contributed by atoms with Crippen LogP contribution in [0.1, 0.15) is 11.3 Å². The minimum Gasteiger partial charge on any atom is -0.313 e. The third-order valence-electron chi connectivity index (χ3n) is 9.61. The summed E-state index contributed by atoms with van der Waals surface area (Å²) in [5.41, 5.74) is 15.3. The number of aromatic nitrogens is 1. The maximum Gasteiger partial charge on any atom is 0.0537 e. The molecule has 8 aromatic rings. The third-order valence-corrected chi connectivity index (χ3v) is 9.61. The Morgan fingerprint density at radius 1 is 0.451 bits per heavy atom. The number of benzene rings is 7. The summed E-state index contributed by atoms with van der Waals surface area (Å²) >= 11 is 0. The van der Waals surface area contributed by atoms with Crippen molar-refractivity contribution in [3.05, 3.63) is 212 Å². The molecule has 0 aliphatic heterocycles. The van der Waals surface area contributed by atoms with E-state index in [1.165, 1.54) is 55.5 Å². The Balaban J connectivity index is 1.12. The van der Waals surface area contributed by atoms with Gasteiger partial charge in [0.2, 0.25) is 0 Å². The molecule has 2 nitrogen and oxygen atoms in total. The van der Waals surface area contributed by atoms with E-state index in [9.17, 15) is 0 Å². The zero-order chi connectivity index (χ0) is 34.6. The molecule has 0 saturated carbocycles. The minimum absolute atomic E-state index is 1.10. The highest BCUT2D eigenvalue weighted by atomic mass is 15.1. The molecule has 0 aliphatic carbocycles. The van der Waals surface area contributed by atoms with Crippen LogP contribution in [0.15, 0.2) is 201 Å². The highest BCUT2D eigenvalue weighted by Crippen LogP contribution is 2.38.